The maximum absolute atomic E-state index is 12.7. The molecule has 4 rings (SSSR count). The lowest BCUT2D eigenvalue weighted by Gasteiger charge is -2.14. The van der Waals surface area contributed by atoms with Gasteiger partial charge in [0.1, 0.15) is 5.82 Å². The number of carbonyl (C=O) groups excluding carboxylic acids is 2. The molecule has 3 aromatic rings. The number of nitrogens with zero attached hydrogens (tertiary/aromatic N) is 1. The molecule has 186 valence electrons. The fourth-order valence-electron chi connectivity index (χ4n) is 4.94. The van der Waals surface area contributed by atoms with Crippen molar-refractivity contribution >= 4 is 34.2 Å². The van der Waals surface area contributed by atoms with Crippen LogP contribution in [-0.2, 0) is 9.59 Å². The zero-order valence-corrected chi connectivity index (χ0v) is 21.0. The fraction of sp³-hybridized carbons (Fsp3) is 0.483. The third kappa shape index (κ3) is 6.50. The van der Waals surface area contributed by atoms with Crippen LogP contribution in [0.5, 0.6) is 0 Å². The molecule has 6 heteroatoms. The number of amides is 2. The largest absolute Gasteiger partial charge is 0.338 e. The van der Waals surface area contributed by atoms with Crippen molar-refractivity contribution in [2.75, 3.05) is 10.6 Å². The summed E-state index contributed by atoms with van der Waals surface area (Å²) in [5, 5.41) is 6.16. The number of fused-ring (bicyclic) bond motifs is 1. The lowest BCUT2D eigenvalue weighted by Crippen LogP contribution is -2.22. The third-order valence-corrected chi connectivity index (χ3v) is 7.17. The monoisotopic (exact) mass is 474 g/mol. The highest BCUT2D eigenvalue weighted by Gasteiger charge is 2.20. The van der Waals surface area contributed by atoms with Crippen molar-refractivity contribution in [3.8, 4) is 11.4 Å². The minimum atomic E-state index is 0.0459. The zero-order valence-electron chi connectivity index (χ0n) is 21.0. The molecule has 2 amide bonds. The summed E-state index contributed by atoms with van der Waals surface area (Å²) < 4.78 is 0. The van der Waals surface area contributed by atoms with Crippen LogP contribution in [0.15, 0.2) is 42.5 Å². The normalized spacial score (nSPS) is 15.5. The van der Waals surface area contributed by atoms with Crippen molar-refractivity contribution in [1.82, 2.24) is 9.97 Å². The van der Waals surface area contributed by atoms with E-state index in [4.69, 9.17) is 4.98 Å². The lowest BCUT2D eigenvalue weighted by atomic mass is 9.98. The molecule has 0 bridgehead atoms. The van der Waals surface area contributed by atoms with E-state index in [0.29, 0.717) is 0 Å². The van der Waals surface area contributed by atoms with Gasteiger partial charge < -0.3 is 15.6 Å². The summed E-state index contributed by atoms with van der Waals surface area (Å²) in [6.07, 6.45) is 10.7. The summed E-state index contributed by atoms with van der Waals surface area (Å²) in [5.74, 6) is 1.16. The average molecular weight is 475 g/mol. The maximum atomic E-state index is 12.7. The van der Waals surface area contributed by atoms with E-state index in [-0.39, 0.29) is 23.7 Å². The van der Waals surface area contributed by atoms with Crippen LogP contribution in [0.3, 0.4) is 0 Å². The van der Waals surface area contributed by atoms with Crippen LogP contribution >= 0.6 is 0 Å². The number of aromatic nitrogens is 2. The van der Waals surface area contributed by atoms with E-state index in [1.165, 1.54) is 12.8 Å². The molecule has 3 N–H and O–H groups in total. The van der Waals surface area contributed by atoms with Crippen LogP contribution < -0.4 is 10.6 Å². The predicted molar refractivity (Wildman–Crippen MR) is 143 cm³/mol. The zero-order chi connectivity index (χ0) is 24.6. The average Bonchev–Trinajstić information content (AvgIpc) is 3.09. The van der Waals surface area contributed by atoms with Gasteiger partial charge in [-0.2, -0.15) is 0 Å². The van der Waals surface area contributed by atoms with Gasteiger partial charge in [0.05, 0.1) is 11.0 Å². The molecule has 0 spiro atoms. The number of benzene rings is 2. The number of rotatable bonds is 9. The Morgan fingerprint density at radius 3 is 2.37 bits per heavy atom. The second kappa shape index (κ2) is 12.0. The first-order valence-electron chi connectivity index (χ1n) is 13.3. The van der Waals surface area contributed by atoms with Gasteiger partial charge in [-0.15, -0.1) is 0 Å². The first kappa shape index (κ1) is 25.0. The molecule has 1 atom stereocenters. The minimum absolute atomic E-state index is 0.0459. The number of anilines is 2. The topological polar surface area (TPSA) is 86.9 Å². The standard InChI is InChI=1S/C29H38N4O2/c1-3-5-10-20(4-2)28(34)31-24-17-18-25-26(19-24)33-27(32-25)21-13-15-23(16-14-21)30-29(35)22-11-8-6-7-9-12-22/h13-20,22H,3-12H2,1-2H3,(H,30,35)(H,31,34)(H,32,33). The molecule has 2 aromatic carbocycles. The maximum Gasteiger partial charge on any atom is 0.227 e. The quantitative estimate of drug-likeness (QED) is 0.284. The van der Waals surface area contributed by atoms with E-state index in [0.717, 1.165) is 85.2 Å². The van der Waals surface area contributed by atoms with Crippen molar-refractivity contribution in [3.05, 3.63) is 42.5 Å². The second-order valence-corrected chi connectivity index (χ2v) is 9.81. The smallest absolute Gasteiger partial charge is 0.227 e. The summed E-state index contributed by atoms with van der Waals surface area (Å²) in [7, 11) is 0. The van der Waals surface area contributed by atoms with Gasteiger partial charge in [-0.1, -0.05) is 52.4 Å². The molecule has 1 aliphatic carbocycles. The SMILES string of the molecule is CCCCC(CC)C(=O)Nc1ccc2nc(-c3ccc(NC(=O)C4CCCCCC4)cc3)[nH]c2c1. The van der Waals surface area contributed by atoms with Crippen LogP contribution in [0, 0.1) is 11.8 Å². The highest BCUT2D eigenvalue weighted by Crippen LogP contribution is 2.27. The molecular weight excluding hydrogens is 436 g/mol. The molecule has 35 heavy (non-hydrogen) atoms. The Balaban J connectivity index is 1.41. The van der Waals surface area contributed by atoms with Crippen LogP contribution in [0.2, 0.25) is 0 Å². The number of hydrogen-bond acceptors (Lipinski definition) is 3. The molecule has 1 aromatic heterocycles. The second-order valence-electron chi connectivity index (χ2n) is 9.81. The van der Waals surface area contributed by atoms with Crippen LogP contribution in [0.1, 0.15) is 78.1 Å². The number of unbranched alkanes of at least 4 members (excludes halogenated alkanes) is 1. The van der Waals surface area contributed by atoms with Gasteiger partial charge in [0, 0.05) is 28.8 Å². The molecule has 1 fully saturated rings. The molecule has 1 heterocycles. The van der Waals surface area contributed by atoms with E-state index in [1.54, 1.807) is 0 Å². The van der Waals surface area contributed by atoms with E-state index in [9.17, 15) is 9.59 Å². The summed E-state index contributed by atoms with van der Waals surface area (Å²) in [6.45, 7) is 4.22. The van der Waals surface area contributed by atoms with Gasteiger partial charge in [0.2, 0.25) is 11.8 Å². The Bertz CT molecular complexity index is 1130. The Kier molecular flexibility index (Phi) is 8.56. The number of imidazole rings is 1. The Morgan fingerprint density at radius 1 is 0.971 bits per heavy atom. The molecule has 0 saturated heterocycles. The van der Waals surface area contributed by atoms with Crippen molar-refractivity contribution in [2.45, 2.75) is 78.1 Å². The van der Waals surface area contributed by atoms with Crippen molar-refractivity contribution in [3.63, 3.8) is 0 Å². The summed E-state index contributed by atoms with van der Waals surface area (Å²) >= 11 is 0. The third-order valence-electron chi connectivity index (χ3n) is 7.17. The van der Waals surface area contributed by atoms with Gasteiger partial charge >= 0.3 is 0 Å². The first-order chi connectivity index (χ1) is 17.1. The van der Waals surface area contributed by atoms with Crippen LogP contribution in [0.4, 0.5) is 11.4 Å². The molecular formula is C29H38N4O2. The van der Waals surface area contributed by atoms with Gasteiger partial charge in [0.25, 0.3) is 0 Å². The Labute approximate surface area is 208 Å². The van der Waals surface area contributed by atoms with E-state index >= 15 is 0 Å². The molecule has 0 radical (unpaired) electrons. The van der Waals surface area contributed by atoms with Gasteiger partial charge in [0.15, 0.2) is 0 Å². The first-order valence-corrected chi connectivity index (χ1v) is 13.3. The number of hydrogen-bond donors (Lipinski definition) is 3. The molecule has 1 unspecified atom stereocenters. The van der Waals surface area contributed by atoms with Crippen LogP contribution in [0.25, 0.3) is 22.4 Å². The van der Waals surface area contributed by atoms with Crippen molar-refractivity contribution in [2.24, 2.45) is 11.8 Å². The van der Waals surface area contributed by atoms with Crippen molar-refractivity contribution in [1.29, 1.82) is 0 Å². The Hall–Kier alpha value is -3.15. The van der Waals surface area contributed by atoms with Gasteiger partial charge in [-0.3, -0.25) is 9.59 Å². The molecule has 1 aliphatic rings. The van der Waals surface area contributed by atoms with E-state index in [1.807, 2.05) is 42.5 Å². The number of aromatic amines is 1. The summed E-state index contributed by atoms with van der Waals surface area (Å²) in [6, 6.07) is 13.6. The minimum Gasteiger partial charge on any atom is -0.338 e. The molecule has 6 nitrogen and oxygen atoms in total. The predicted octanol–water partition coefficient (Wildman–Crippen LogP) is 7.29. The lowest BCUT2D eigenvalue weighted by molar-refractivity contribution is -0.121. The van der Waals surface area contributed by atoms with Gasteiger partial charge in [-0.05, 0) is 68.1 Å². The summed E-state index contributed by atoms with van der Waals surface area (Å²) in [5.41, 5.74) is 4.28. The number of H-pyrrole nitrogens is 1. The number of carbonyl (C=O) groups is 2. The van der Waals surface area contributed by atoms with Gasteiger partial charge in [-0.25, -0.2) is 4.98 Å². The molecule has 1 saturated carbocycles. The van der Waals surface area contributed by atoms with E-state index in [2.05, 4.69) is 29.5 Å². The number of nitrogens with one attached hydrogen (secondary N) is 3. The fourth-order valence-corrected chi connectivity index (χ4v) is 4.94. The molecule has 0 aliphatic heterocycles. The highest BCUT2D eigenvalue weighted by atomic mass is 16.2. The van der Waals surface area contributed by atoms with Crippen LogP contribution in [-0.4, -0.2) is 21.8 Å². The highest BCUT2D eigenvalue weighted by molar-refractivity contribution is 5.95. The van der Waals surface area contributed by atoms with Crippen molar-refractivity contribution < 1.29 is 9.59 Å². The summed E-state index contributed by atoms with van der Waals surface area (Å²) in [4.78, 5) is 33.4. The Morgan fingerprint density at radius 2 is 1.69 bits per heavy atom. The van der Waals surface area contributed by atoms with E-state index < -0.39 is 0 Å².